The third kappa shape index (κ3) is 6.81. The summed E-state index contributed by atoms with van der Waals surface area (Å²) >= 11 is 0. The second-order valence-electron chi connectivity index (χ2n) is 7.35. The first kappa shape index (κ1) is 24.3. The van der Waals surface area contributed by atoms with E-state index in [2.05, 4.69) is 10.3 Å². The van der Waals surface area contributed by atoms with Gasteiger partial charge in [-0.3, -0.25) is 9.79 Å². The number of hydrogen-bond acceptors (Lipinski definition) is 3. The van der Waals surface area contributed by atoms with E-state index in [1.807, 2.05) is 0 Å². The van der Waals surface area contributed by atoms with Crippen LogP contribution in [0.2, 0.25) is 0 Å². The van der Waals surface area contributed by atoms with Gasteiger partial charge in [0.1, 0.15) is 5.84 Å². The van der Waals surface area contributed by atoms with Gasteiger partial charge < -0.3 is 5.32 Å². The number of alkyl halides is 6. The molecule has 0 unspecified atom stereocenters. The Kier molecular flexibility index (Phi) is 7.40. The number of rotatable bonds is 5. The molecular formula is C24H20F6N2O. The molecule has 3 nitrogen and oxygen atoms in total. The summed E-state index contributed by atoms with van der Waals surface area (Å²) in [6, 6.07) is 8.72. The van der Waals surface area contributed by atoms with Crippen LogP contribution < -0.4 is 5.32 Å². The molecule has 0 fully saturated rings. The first-order valence-corrected chi connectivity index (χ1v) is 10.1. The molecule has 2 aromatic rings. The molecule has 0 radical (unpaired) electrons. The van der Waals surface area contributed by atoms with Crippen molar-refractivity contribution in [3.8, 4) is 0 Å². The van der Waals surface area contributed by atoms with E-state index in [1.54, 1.807) is 0 Å². The number of nitrogens with one attached hydrogen (secondary N) is 1. The van der Waals surface area contributed by atoms with Crippen LogP contribution in [0.25, 0.3) is 11.6 Å². The van der Waals surface area contributed by atoms with Gasteiger partial charge in [-0.05, 0) is 60.4 Å². The summed E-state index contributed by atoms with van der Waals surface area (Å²) in [7, 11) is 0. The number of carbonyl (C=O) groups excluding carboxylic acids is 1. The number of halogens is 6. The number of amidine groups is 1. The summed E-state index contributed by atoms with van der Waals surface area (Å²) in [6.07, 6.45) is -3.45. The minimum absolute atomic E-state index is 0.340. The van der Waals surface area contributed by atoms with E-state index < -0.39 is 29.3 Å². The van der Waals surface area contributed by atoms with E-state index in [1.165, 1.54) is 42.5 Å². The van der Waals surface area contributed by atoms with Gasteiger partial charge >= 0.3 is 12.4 Å². The third-order valence-electron chi connectivity index (χ3n) is 4.89. The van der Waals surface area contributed by atoms with Crippen LogP contribution in [0.4, 0.5) is 26.3 Å². The maximum Gasteiger partial charge on any atom is 0.416 e. The molecule has 0 saturated heterocycles. The Morgan fingerprint density at radius 1 is 0.848 bits per heavy atom. The van der Waals surface area contributed by atoms with E-state index in [9.17, 15) is 31.1 Å². The van der Waals surface area contributed by atoms with E-state index >= 15 is 0 Å². The van der Waals surface area contributed by atoms with Gasteiger partial charge in [0.15, 0.2) is 5.78 Å². The fourth-order valence-electron chi connectivity index (χ4n) is 3.15. The molecule has 1 heterocycles. The Morgan fingerprint density at radius 2 is 1.42 bits per heavy atom. The van der Waals surface area contributed by atoms with Gasteiger partial charge in [-0.2, -0.15) is 26.3 Å². The zero-order valence-corrected chi connectivity index (χ0v) is 17.3. The maximum absolute atomic E-state index is 12.9. The molecule has 0 bridgehead atoms. The Labute approximate surface area is 186 Å². The van der Waals surface area contributed by atoms with Crippen LogP contribution >= 0.6 is 0 Å². The highest BCUT2D eigenvalue weighted by Crippen LogP contribution is 2.31. The SMILES string of the molecule is O=C(C=Cc1ccc(C(F)(F)F)cc1)C=C(C1=NCCCCN1)c1ccc(C(F)(F)F)cc1. The van der Waals surface area contributed by atoms with Gasteiger partial charge in [0.25, 0.3) is 0 Å². The van der Waals surface area contributed by atoms with Crippen molar-refractivity contribution in [1.82, 2.24) is 5.32 Å². The highest BCUT2D eigenvalue weighted by atomic mass is 19.4. The topological polar surface area (TPSA) is 41.5 Å². The minimum atomic E-state index is -4.49. The number of allylic oxidation sites excluding steroid dienone is 2. The monoisotopic (exact) mass is 466 g/mol. The van der Waals surface area contributed by atoms with Gasteiger partial charge in [0, 0.05) is 18.7 Å². The molecule has 0 aromatic heterocycles. The van der Waals surface area contributed by atoms with Gasteiger partial charge in [-0.25, -0.2) is 0 Å². The quantitative estimate of drug-likeness (QED) is 0.423. The van der Waals surface area contributed by atoms with Crippen molar-refractivity contribution < 1.29 is 31.1 Å². The Balaban J connectivity index is 1.88. The summed E-state index contributed by atoms with van der Waals surface area (Å²) in [6.45, 7) is 1.11. The average Bonchev–Trinajstić information content (AvgIpc) is 3.05. The number of ketones is 1. The fourth-order valence-corrected chi connectivity index (χ4v) is 3.15. The normalized spacial score (nSPS) is 15.7. The van der Waals surface area contributed by atoms with Crippen molar-refractivity contribution in [2.24, 2.45) is 4.99 Å². The molecule has 0 atom stereocenters. The minimum Gasteiger partial charge on any atom is -0.370 e. The standard InChI is InChI=1S/C24H20F6N2O/c25-23(26,27)18-8-3-16(4-9-18)5-12-20(33)15-21(22-31-13-1-2-14-32-22)17-6-10-19(11-7-17)24(28,29)30/h3-12,15H,1-2,13-14H2,(H,31,32). The van der Waals surface area contributed by atoms with Gasteiger partial charge in [0.05, 0.1) is 11.1 Å². The molecule has 1 aliphatic heterocycles. The third-order valence-corrected chi connectivity index (χ3v) is 4.89. The van der Waals surface area contributed by atoms with Crippen molar-refractivity contribution in [3.63, 3.8) is 0 Å². The van der Waals surface area contributed by atoms with Crippen LogP contribution in [0.1, 0.15) is 35.1 Å². The predicted octanol–water partition coefficient (Wildman–Crippen LogP) is 6.17. The van der Waals surface area contributed by atoms with Crippen LogP contribution in [0.5, 0.6) is 0 Å². The summed E-state index contributed by atoms with van der Waals surface area (Å²) in [5, 5.41) is 3.10. The van der Waals surface area contributed by atoms with Crippen molar-refractivity contribution in [3.05, 3.63) is 82.9 Å². The molecule has 0 amide bonds. The maximum atomic E-state index is 12.9. The van der Waals surface area contributed by atoms with Crippen LogP contribution in [0.15, 0.2) is 65.7 Å². The summed E-state index contributed by atoms with van der Waals surface area (Å²) in [5.41, 5.74) is -0.492. The summed E-state index contributed by atoms with van der Waals surface area (Å²) in [5.74, 6) is -0.0814. The van der Waals surface area contributed by atoms with E-state index in [0.717, 1.165) is 37.1 Å². The van der Waals surface area contributed by atoms with Crippen molar-refractivity contribution in [2.75, 3.05) is 13.1 Å². The molecule has 1 aliphatic rings. The molecule has 0 spiro atoms. The van der Waals surface area contributed by atoms with E-state index in [4.69, 9.17) is 0 Å². The smallest absolute Gasteiger partial charge is 0.370 e. The lowest BCUT2D eigenvalue weighted by atomic mass is 10.0. The molecule has 174 valence electrons. The first-order chi connectivity index (χ1) is 15.5. The lowest BCUT2D eigenvalue weighted by Gasteiger charge is -2.13. The number of carbonyl (C=O) groups is 1. The molecule has 0 aliphatic carbocycles. The van der Waals surface area contributed by atoms with Crippen LogP contribution in [0.3, 0.4) is 0 Å². The Bertz CT molecular complexity index is 1060. The van der Waals surface area contributed by atoms with Crippen LogP contribution in [-0.2, 0) is 17.1 Å². The summed E-state index contributed by atoms with van der Waals surface area (Å²) in [4.78, 5) is 17.0. The van der Waals surface area contributed by atoms with Gasteiger partial charge in [-0.1, -0.05) is 30.3 Å². The van der Waals surface area contributed by atoms with Gasteiger partial charge in [-0.15, -0.1) is 0 Å². The lowest BCUT2D eigenvalue weighted by Crippen LogP contribution is -2.25. The molecule has 33 heavy (non-hydrogen) atoms. The first-order valence-electron chi connectivity index (χ1n) is 10.1. The number of hydrogen-bond donors (Lipinski definition) is 1. The van der Waals surface area contributed by atoms with E-state index in [0.29, 0.717) is 35.6 Å². The largest absolute Gasteiger partial charge is 0.416 e. The van der Waals surface area contributed by atoms with Crippen LogP contribution in [-0.4, -0.2) is 24.7 Å². The molecular weight excluding hydrogens is 446 g/mol. The van der Waals surface area contributed by atoms with Gasteiger partial charge in [0.2, 0.25) is 0 Å². The molecule has 9 heteroatoms. The number of benzene rings is 2. The molecule has 3 rings (SSSR count). The average molecular weight is 466 g/mol. The second-order valence-corrected chi connectivity index (χ2v) is 7.35. The van der Waals surface area contributed by atoms with Crippen LogP contribution in [0, 0.1) is 0 Å². The Hall–Kier alpha value is -3.36. The van der Waals surface area contributed by atoms with Crippen molar-refractivity contribution in [1.29, 1.82) is 0 Å². The van der Waals surface area contributed by atoms with Crippen molar-refractivity contribution >= 4 is 23.3 Å². The second kappa shape index (κ2) is 10.1. The zero-order chi connectivity index (χ0) is 24.1. The lowest BCUT2D eigenvalue weighted by molar-refractivity contribution is -0.138. The molecule has 0 saturated carbocycles. The molecule has 1 N–H and O–H groups in total. The molecule has 2 aromatic carbocycles. The highest BCUT2D eigenvalue weighted by Gasteiger charge is 2.30. The summed E-state index contributed by atoms with van der Waals surface area (Å²) < 4.78 is 76.8. The van der Waals surface area contributed by atoms with Crippen molar-refractivity contribution in [2.45, 2.75) is 25.2 Å². The highest BCUT2D eigenvalue weighted by molar-refractivity contribution is 6.27. The zero-order valence-electron chi connectivity index (χ0n) is 17.3. The Morgan fingerprint density at radius 3 is 2.00 bits per heavy atom. The van der Waals surface area contributed by atoms with E-state index in [-0.39, 0.29) is 0 Å². The fraction of sp³-hybridized carbons (Fsp3) is 0.250. The number of nitrogens with zero attached hydrogens (tertiary/aromatic N) is 1. The predicted molar refractivity (Wildman–Crippen MR) is 114 cm³/mol. The number of aliphatic imine (C=N–C) groups is 1.